The summed E-state index contributed by atoms with van der Waals surface area (Å²) in [5.74, 6) is 0.713. The SMILES string of the molecule is Cc1cc(C)cc(-c2cc(-c3cc(C)cc(C)c3)ncn2)c1.Cc1cc(C)cc(-c2cc(-c3cc(CC(C)(C)C(F)(F)F)cc(CC(C)(C)C(F)(F)F)c3)ncn2)c1.Cc1cc(C)cc(-c2nccc3cc(C4CCC(C)(C)CC4)ccc23)c1. The highest BCUT2D eigenvalue weighted by atomic mass is 19.4. The molecule has 11 heteroatoms. The van der Waals surface area contributed by atoms with Crippen molar-refractivity contribution in [2.45, 2.75) is 154 Å². The largest absolute Gasteiger partial charge is 0.394 e. The van der Waals surface area contributed by atoms with E-state index >= 15 is 0 Å². The summed E-state index contributed by atoms with van der Waals surface area (Å²) in [7, 11) is 0. The van der Waals surface area contributed by atoms with Crippen molar-refractivity contribution in [3.05, 3.63) is 207 Å². The molecule has 438 valence electrons. The Morgan fingerprint density at radius 1 is 0.405 bits per heavy atom. The van der Waals surface area contributed by atoms with Gasteiger partial charge in [0, 0.05) is 39.4 Å². The first kappa shape index (κ1) is 62.5. The lowest BCUT2D eigenvalue weighted by atomic mass is 9.71. The molecule has 10 rings (SSSR count). The van der Waals surface area contributed by atoms with Crippen LogP contribution in [0.25, 0.3) is 67.1 Å². The zero-order chi connectivity index (χ0) is 61.1. The number of aryl methyl sites for hydroxylation is 8. The molecule has 9 aromatic rings. The van der Waals surface area contributed by atoms with Crippen LogP contribution in [0.3, 0.4) is 0 Å². The highest BCUT2D eigenvalue weighted by molar-refractivity contribution is 5.95. The summed E-state index contributed by atoms with van der Waals surface area (Å²) in [4.78, 5) is 22.3. The number of pyridine rings is 1. The second-order valence-corrected chi connectivity index (χ2v) is 25.8. The van der Waals surface area contributed by atoms with Crippen LogP contribution in [0.5, 0.6) is 0 Å². The molecule has 5 nitrogen and oxygen atoms in total. The van der Waals surface area contributed by atoms with Crippen molar-refractivity contribution >= 4 is 10.8 Å². The molecule has 84 heavy (non-hydrogen) atoms. The molecular formula is C73H79F6N5. The Kier molecular flexibility index (Phi) is 18.6. The molecular weight excluding hydrogens is 1060 g/mol. The van der Waals surface area contributed by atoms with E-state index in [1.807, 2.05) is 38.2 Å². The van der Waals surface area contributed by atoms with Crippen LogP contribution in [0.15, 0.2) is 146 Å². The molecule has 0 bridgehead atoms. The van der Waals surface area contributed by atoms with E-state index in [1.54, 1.807) is 24.5 Å². The van der Waals surface area contributed by atoms with Gasteiger partial charge in [-0.25, -0.2) is 19.9 Å². The summed E-state index contributed by atoms with van der Waals surface area (Å²) in [5, 5.41) is 2.58. The number of rotatable bonds is 10. The van der Waals surface area contributed by atoms with Crippen molar-refractivity contribution in [1.82, 2.24) is 24.9 Å². The summed E-state index contributed by atoms with van der Waals surface area (Å²) in [6, 6.07) is 43.2. The quantitative estimate of drug-likeness (QED) is 0.128. The zero-order valence-electron chi connectivity index (χ0n) is 51.2. The topological polar surface area (TPSA) is 64.5 Å². The van der Waals surface area contributed by atoms with Gasteiger partial charge in [-0.3, -0.25) is 4.98 Å². The number of aromatic nitrogens is 5. The minimum atomic E-state index is -4.47. The molecule has 6 aromatic carbocycles. The predicted molar refractivity (Wildman–Crippen MR) is 333 cm³/mol. The standard InChI is InChI=1S/C28H30F6N2.C25H29N.C20H20N2/c1-17-7-18(2)9-21(8-17)23-13-24(36-16-35-23)22-11-19(14-25(3,4)27(29,30)31)10-20(12-22)15-26(5,6)28(32,33)34;1-17-13-18(2)15-22(14-17)24-23-6-5-20(16-21(23)9-12-26-24)19-7-10-25(3,4)11-8-19;1-13-5-14(2)8-17(7-13)19-11-20(22-12-21-19)18-9-15(3)6-16(4)10-18/h7-13,16H,14-15H2,1-6H3;5-6,9,12-16,19H,7-8,10-11H2,1-4H3;5-12H,1-4H3. The van der Waals surface area contributed by atoms with Gasteiger partial charge in [0.25, 0.3) is 0 Å². The van der Waals surface area contributed by atoms with Crippen molar-refractivity contribution < 1.29 is 26.3 Å². The third-order valence-corrected chi connectivity index (χ3v) is 16.2. The van der Waals surface area contributed by atoms with E-state index < -0.39 is 23.2 Å². The number of halogens is 6. The lowest BCUT2D eigenvalue weighted by Gasteiger charge is -2.34. The van der Waals surface area contributed by atoms with Gasteiger partial charge in [0.1, 0.15) is 12.7 Å². The molecule has 0 saturated heterocycles. The number of fused-ring (bicyclic) bond motifs is 1. The van der Waals surface area contributed by atoms with Gasteiger partial charge in [0.05, 0.1) is 39.3 Å². The molecule has 1 saturated carbocycles. The molecule has 3 heterocycles. The van der Waals surface area contributed by atoms with Crippen molar-refractivity contribution in [3.8, 4) is 56.3 Å². The minimum Gasteiger partial charge on any atom is -0.256 e. The van der Waals surface area contributed by atoms with Crippen molar-refractivity contribution in [2.75, 3.05) is 0 Å². The van der Waals surface area contributed by atoms with Crippen LogP contribution in [0.1, 0.15) is 134 Å². The average Bonchev–Trinajstić information content (AvgIpc) is 3.52. The van der Waals surface area contributed by atoms with Gasteiger partial charge in [-0.1, -0.05) is 135 Å². The maximum atomic E-state index is 13.6. The third-order valence-electron chi connectivity index (χ3n) is 16.2. The van der Waals surface area contributed by atoms with Crippen LogP contribution < -0.4 is 0 Å². The first-order valence-corrected chi connectivity index (χ1v) is 28.9. The molecule has 1 aliphatic carbocycles. The first-order chi connectivity index (χ1) is 39.3. The van der Waals surface area contributed by atoms with Crippen LogP contribution >= 0.6 is 0 Å². The Morgan fingerprint density at radius 3 is 1.11 bits per heavy atom. The van der Waals surface area contributed by atoms with Crippen molar-refractivity contribution in [1.29, 1.82) is 0 Å². The van der Waals surface area contributed by atoms with Gasteiger partial charge < -0.3 is 0 Å². The fourth-order valence-electron chi connectivity index (χ4n) is 11.6. The first-order valence-electron chi connectivity index (χ1n) is 28.9. The molecule has 0 aliphatic heterocycles. The fourth-order valence-corrected chi connectivity index (χ4v) is 11.6. The second kappa shape index (κ2) is 25.0. The van der Waals surface area contributed by atoms with Crippen LogP contribution in [0.4, 0.5) is 26.3 Å². The highest BCUT2D eigenvalue weighted by Gasteiger charge is 2.48. The molecule has 3 aromatic heterocycles. The number of benzene rings is 6. The van der Waals surface area contributed by atoms with Gasteiger partial charge in [0.15, 0.2) is 0 Å². The normalized spacial score (nSPS) is 13.9. The van der Waals surface area contributed by atoms with E-state index in [0.29, 0.717) is 39.4 Å². The van der Waals surface area contributed by atoms with E-state index in [0.717, 1.165) is 72.6 Å². The highest BCUT2D eigenvalue weighted by Crippen LogP contribution is 2.45. The summed E-state index contributed by atoms with van der Waals surface area (Å²) >= 11 is 0. The maximum absolute atomic E-state index is 13.6. The monoisotopic (exact) mass is 1140 g/mol. The molecule has 0 N–H and O–H groups in total. The Balaban J connectivity index is 0.000000170. The molecule has 0 atom stereocenters. The average molecular weight is 1140 g/mol. The van der Waals surface area contributed by atoms with Crippen LogP contribution in [0, 0.1) is 71.6 Å². The number of hydrogen-bond donors (Lipinski definition) is 0. The summed E-state index contributed by atoms with van der Waals surface area (Å²) in [6.07, 6.45) is 0.564. The van der Waals surface area contributed by atoms with E-state index in [4.69, 9.17) is 4.98 Å². The minimum absolute atomic E-state index is 0.300. The maximum Gasteiger partial charge on any atom is 0.394 e. The van der Waals surface area contributed by atoms with E-state index in [1.165, 1.54) is 93.4 Å². The van der Waals surface area contributed by atoms with Gasteiger partial charge in [0.2, 0.25) is 0 Å². The number of nitrogens with zero attached hydrogens (tertiary/aromatic N) is 5. The second-order valence-electron chi connectivity index (χ2n) is 25.8. The molecule has 0 unspecified atom stereocenters. The van der Waals surface area contributed by atoms with E-state index in [9.17, 15) is 26.3 Å². The summed E-state index contributed by atoms with van der Waals surface area (Å²) < 4.78 is 81.6. The fraction of sp³-hybridized carbons (Fsp3) is 0.356. The lowest BCUT2D eigenvalue weighted by Crippen LogP contribution is -2.35. The van der Waals surface area contributed by atoms with Gasteiger partial charge in [-0.15, -0.1) is 0 Å². The zero-order valence-corrected chi connectivity index (χ0v) is 51.2. The van der Waals surface area contributed by atoms with Crippen LogP contribution in [0.2, 0.25) is 0 Å². The predicted octanol–water partition coefficient (Wildman–Crippen LogP) is 20.9. The Morgan fingerprint density at radius 2 is 0.750 bits per heavy atom. The van der Waals surface area contributed by atoms with Gasteiger partial charge in [-0.2, -0.15) is 26.3 Å². The van der Waals surface area contributed by atoms with Crippen molar-refractivity contribution in [3.63, 3.8) is 0 Å². The molecule has 1 fully saturated rings. The third kappa shape index (κ3) is 15.8. The van der Waals surface area contributed by atoms with Crippen LogP contribution in [-0.2, 0) is 12.8 Å². The molecule has 0 amide bonds. The lowest BCUT2D eigenvalue weighted by molar-refractivity contribution is -0.211. The van der Waals surface area contributed by atoms with E-state index in [-0.39, 0.29) is 12.8 Å². The number of hydrogen-bond acceptors (Lipinski definition) is 5. The van der Waals surface area contributed by atoms with Gasteiger partial charge in [-0.05, 0) is 206 Å². The Labute approximate surface area is 493 Å². The van der Waals surface area contributed by atoms with E-state index in [2.05, 4.69) is 160 Å². The Bertz CT molecular complexity index is 3610. The Hall–Kier alpha value is -7.53. The smallest absolute Gasteiger partial charge is 0.256 e. The van der Waals surface area contributed by atoms with Crippen LogP contribution in [-0.4, -0.2) is 37.3 Å². The molecule has 0 radical (unpaired) electrons. The summed E-state index contributed by atoms with van der Waals surface area (Å²) in [6.45, 7) is 25.8. The molecule has 1 aliphatic rings. The molecule has 0 spiro atoms. The van der Waals surface area contributed by atoms with Crippen molar-refractivity contribution in [2.24, 2.45) is 16.2 Å². The number of alkyl halides is 6. The van der Waals surface area contributed by atoms with Gasteiger partial charge >= 0.3 is 12.4 Å². The summed E-state index contributed by atoms with van der Waals surface area (Å²) in [5.41, 5.74) is 17.1.